The quantitative estimate of drug-likeness (QED) is 0.730. The Morgan fingerprint density at radius 3 is 2.54 bits per heavy atom. The van der Waals surface area contributed by atoms with Gasteiger partial charge in [-0.3, -0.25) is 9.78 Å². The molecule has 0 radical (unpaired) electrons. The lowest BCUT2D eigenvalue weighted by atomic mass is 9.96. The van der Waals surface area contributed by atoms with Crippen molar-refractivity contribution in [3.8, 4) is 5.82 Å². The predicted molar refractivity (Wildman–Crippen MR) is 92.5 cm³/mol. The Bertz CT molecular complexity index is 843. The van der Waals surface area contributed by atoms with Gasteiger partial charge in [0.1, 0.15) is 12.7 Å². The third kappa shape index (κ3) is 3.48. The SMILES string of the molecule is O=C(Nc1cnccn1)C1CCN(c2ccc(-n3cncn3)nn2)CC1. The standard InChI is InChI=1S/C16H17N9O/c26-16(21-13-9-17-5-6-19-13)12-3-7-24(8-4-12)14-1-2-15(23-22-14)25-11-18-10-20-25/h1-2,5-6,9-12H,3-4,7-8H2,(H,19,21,26). The summed E-state index contributed by atoms with van der Waals surface area (Å²) in [6, 6.07) is 3.76. The van der Waals surface area contributed by atoms with E-state index in [1.54, 1.807) is 29.6 Å². The van der Waals surface area contributed by atoms with Gasteiger partial charge in [-0.05, 0) is 25.0 Å². The normalized spacial score (nSPS) is 15.0. The zero-order valence-corrected chi connectivity index (χ0v) is 13.9. The zero-order valence-electron chi connectivity index (χ0n) is 13.9. The van der Waals surface area contributed by atoms with E-state index >= 15 is 0 Å². The Morgan fingerprint density at radius 1 is 1.08 bits per heavy atom. The van der Waals surface area contributed by atoms with Gasteiger partial charge in [-0.25, -0.2) is 14.6 Å². The maximum absolute atomic E-state index is 12.3. The molecule has 0 bridgehead atoms. The Hall–Kier alpha value is -3.43. The van der Waals surface area contributed by atoms with E-state index in [2.05, 4.69) is 40.5 Å². The summed E-state index contributed by atoms with van der Waals surface area (Å²) in [5.74, 6) is 1.83. The molecule has 10 nitrogen and oxygen atoms in total. The number of nitrogens with one attached hydrogen (secondary N) is 1. The maximum Gasteiger partial charge on any atom is 0.228 e. The van der Waals surface area contributed by atoms with Crippen molar-refractivity contribution in [2.24, 2.45) is 5.92 Å². The predicted octanol–water partition coefficient (Wildman–Crippen LogP) is 0.702. The summed E-state index contributed by atoms with van der Waals surface area (Å²) >= 11 is 0. The van der Waals surface area contributed by atoms with E-state index in [0.717, 1.165) is 31.7 Å². The fraction of sp³-hybridized carbons (Fsp3) is 0.312. The van der Waals surface area contributed by atoms with Crippen LogP contribution in [0.25, 0.3) is 5.82 Å². The first-order valence-corrected chi connectivity index (χ1v) is 8.30. The number of hydrogen-bond donors (Lipinski definition) is 1. The van der Waals surface area contributed by atoms with E-state index in [4.69, 9.17) is 0 Å². The van der Waals surface area contributed by atoms with Gasteiger partial charge < -0.3 is 10.2 Å². The first-order valence-electron chi connectivity index (χ1n) is 8.30. The van der Waals surface area contributed by atoms with Gasteiger partial charge >= 0.3 is 0 Å². The molecule has 0 aliphatic carbocycles. The fourth-order valence-electron chi connectivity index (χ4n) is 2.90. The lowest BCUT2D eigenvalue weighted by molar-refractivity contribution is -0.120. The van der Waals surface area contributed by atoms with E-state index in [0.29, 0.717) is 11.6 Å². The van der Waals surface area contributed by atoms with E-state index in [9.17, 15) is 4.79 Å². The Labute approximate surface area is 149 Å². The highest BCUT2D eigenvalue weighted by atomic mass is 16.1. The Kier molecular flexibility index (Phi) is 4.46. The van der Waals surface area contributed by atoms with Crippen LogP contribution in [-0.2, 0) is 4.79 Å². The lowest BCUT2D eigenvalue weighted by Gasteiger charge is -2.31. The van der Waals surface area contributed by atoms with Gasteiger partial charge in [-0.15, -0.1) is 10.2 Å². The highest BCUT2D eigenvalue weighted by Crippen LogP contribution is 2.22. The van der Waals surface area contributed by atoms with Crippen molar-refractivity contribution in [3.05, 3.63) is 43.4 Å². The van der Waals surface area contributed by atoms with Crippen molar-refractivity contribution in [2.75, 3.05) is 23.3 Å². The number of nitrogens with zero attached hydrogens (tertiary/aromatic N) is 8. The molecule has 1 fully saturated rings. The molecule has 1 N–H and O–H groups in total. The fourth-order valence-corrected chi connectivity index (χ4v) is 2.90. The second-order valence-electron chi connectivity index (χ2n) is 5.93. The number of anilines is 2. The minimum atomic E-state index is -0.0457. The van der Waals surface area contributed by atoms with E-state index in [1.165, 1.54) is 6.33 Å². The first-order chi connectivity index (χ1) is 12.8. The van der Waals surface area contributed by atoms with Crippen LogP contribution < -0.4 is 10.2 Å². The molecule has 1 aliphatic heterocycles. The number of hydrogen-bond acceptors (Lipinski definition) is 8. The highest BCUT2D eigenvalue weighted by Gasteiger charge is 2.26. The molecule has 132 valence electrons. The average Bonchev–Trinajstić information content (AvgIpc) is 3.24. The lowest BCUT2D eigenvalue weighted by Crippen LogP contribution is -2.38. The summed E-state index contributed by atoms with van der Waals surface area (Å²) < 4.78 is 1.56. The third-order valence-corrected chi connectivity index (χ3v) is 4.29. The number of rotatable bonds is 4. The Balaban J connectivity index is 1.34. The van der Waals surface area contributed by atoms with E-state index < -0.39 is 0 Å². The van der Waals surface area contributed by atoms with Crippen LogP contribution in [0, 0.1) is 5.92 Å². The Morgan fingerprint density at radius 2 is 1.88 bits per heavy atom. The van der Waals surface area contributed by atoms with Crippen LogP contribution in [0.4, 0.5) is 11.6 Å². The second-order valence-corrected chi connectivity index (χ2v) is 5.93. The number of aromatic nitrogens is 7. The number of carbonyl (C=O) groups excluding carboxylic acids is 1. The summed E-state index contributed by atoms with van der Waals surface area (Å²) in [6.07, 6.45) is 9.19. The molecule has 0 aromatic carbocycles. The van der Waals surface area contributed by atoms with Gasteiger partial charge in [0.2, 0.25) is 5.91 Å². The van der Waals surface area contributed by atoms with Crippen LogP contribution >= 0.6 is 0 Å². The van der Waals surface area contributed by atoms with Crippen LogP contribution in [0.3, 0.4) is 0 Å². The smallest absolute Gasteiger partial charge is 0.228 e. The molecule has 0 saturated carbocycles. The zero-order chi connectivity index (χ0) is 17.8. The molecular weight excluding hydrogens is 334 g/mol. The van der Waals surface area contributed by atoms with E-state index in [1.807, 2.05) is 12.1 Å². The molecule has 4 rings (SSSR count). The van der Waals surface area contributed by atoms with Gasteiger partial charge in [-0.1, -0.05) is 0 Å². The molecule has 26 heavy (non-hydrogen) atoms. The van der Waals surface area contributed by atoms with Crippen LogP contribution in [0.1, 0.15) is 12.8 Å². The molecule has 0 atom stereocenters. The number of amides is 1. The van der Waals surface area contributed by atoms with Crippen molar-refractivity contribution in [1.82, 2.24) is 34.9 Å². The summed E-state index contributed by atoms with van der Waals surface area (Å²) in [6.45, 7) is 1.49. The molecule has 1 aliphatic rings. The molecule has 0 unspecified atom stereocenters. The van der Waals surface area contributed by atoms with E-state index in [-0.39, 0.29) is 11.8 Å². The van der Waals surface area contributed by atoms with Crippen molar-refractivity contribution in [2.45, 2.75) is 12.8 Å². The molecule has 3 aromatic rings. The molecule has 3 aromatic heterocycles. The summed E-state index contributed by atoms with van der Waals surface area (Å²) in [5.41, 5.74) is 0. The van der Waals surface area contributed by atoms with Crippen LogP contribution in [0.15, 0.2) is 43.4 Å². The number of carbonyl (C=O) groups is 1. The average molecular weight is 351 g/mol. The van der Waals surface area contributed by atoms with Gasteiger partial charge in [0.25, 0.3) is 0 Å². The molecule has 1 saturated heterocycles. The molecule has 1 amide bonds. The highest BCUT2D eigenvalue weighted by molar-refractivity contribution is 5.91. The summed E-state index contributed by atoms with van der Waals surface area (Å²) in [5, 5.41) is 15.3. The summed E-state index contributed by atoms with van der Waals surface area (Å²) in [7, 11) is 0. The second kappa shape index (κ2) is 7.21. The van der Waals surface area contributed by atoms with Crippen molar-refractivity contribution >= 4 is 17.5 Å². The third-order valence-electron chi connectivity index (χ3n) is 4.29. The first kappa shape index (κ1) is 16.1. The van der Waals surface area contributed by atoms with Gasteiger partial charge in [0, 0.05) is 31.4 Å². The molecule has 0 spiro atoms. The van der Waals surface area contributed by atoms with Crippen LogP contribution in [-0.4, -0.2) is 53.9 Å². The summed E-state index contributed by atoms with van der Waals surface area (Å²) in [4.78, 5) is 26.4. The number of piperidine rings is 1. The molecule has 4 heterocycles. The van der Waals surface area contributed by atoms with Crippen LogP contribution in [0.2, 0.25) is 0 Å². The maximum atomic E-state index is 12.3. The van der Waals surface area contributed by atoms with Crippen molar-refractivity contribution in [1.29, 1.82) is 0 Å². The van der Waals surface area contributed by atoms with Crippen molar-refractivity contribution < 1.29 is 4.79 Å². The topological polar surface area (TPSA) is 115 Å². The van der Waals surface area contributed by atoms with Gasteiger partial charge in [0.05, 0.1) is 6.20 Å². The van der Waals surface area contributed by atoms with Crippen LogP contribution in [0.5, 0.6) is 0 Å². The minimum Gasteiger partial charge on any atom is -0.355 e. The van der Waals surface area contributed by atoms with Gasteiger partial charge in [0.15, 0.2) is 17.5 Å². The largest absolute Gasteiger partial charge is 0.355 e. The molecule has 10 heteroatoms. The van der Waals surface area contributed by atoms with Gasteiger partial charge in [-0.2, -0.15) is 5.10 Å². The monoisotopic (exact) mass is 351 g/mol. The van der Waals surface area contributed by atoms with Crippen molar-refractivity contribution in [3.63, 3.8) is 0 Å². The minimum absolute atomic E-state index is 0.0160. The molecular formula is C16H17N9O.